The van der Waals surface area contributed by atoms with Gasteiger partial charge in [-0.25, -0.2) is 0 Å². The van der Waals surface area contributed by atoms with Gasteiger partial charge in [0.2, 0.25) is 0 Å². The molecule has 0 spiro atoms. The molecule has 0 saturated carbocycles. The van der Waals surface area contributed by atoms with Gasteiger partial charge in [-0.1, -0.05) is 12.2 Å². The zero-order valence-corrected chi connectivity index (χ0v) is 9.81. The Morgan fingerprint density at radius 2 is 2.44 bits per heavy atom. The van der Waals surface area contributed by atoms with Gasteiger partial charge in [-0.05, 0) is 26.2 Å². The molecule has 1 aromatic rings. The SMILES string of the molecule is CCn1ncc(OC)c1C1(O)C=CCCC1. The average Bonchev–Trinajstić information content (AvgIpc) is 2.73. The molecular formula is C12H18N2O2. The van der Waals surface area contributed by atoms with Crippen LogP contribution in [0.3, 0.4) is 0 Å². The number of hydrogen-bond donors (Lipinski definition) is 1. The lowest BCUT2D eigenvalue weighted by Gasteiger charge is -2.28. The van der Waals surface area contributed by atoms with E-state index in [1.807, 2.05) is 19.1 Å². The van der Waals surface area contributed by atoms with Crippen LogP contribution in [0.4, 0.5) is 0 Å². The van der Waals surface area contributed by atoms with Gasteiger partial charge < -0.3 is 9.84 Å². The predicted molar refractivity (Wildman–Crippen MR) is 61.3 cm³/mol. The standard InChI is InChI=1S/C12H18N2O2/c1-3-14-11(10(16-2)9-13-14)12(15)7-5-4-6-8-12/h5,7,9,15H,3-4,6,8H2,1-2H3. The number of aliphatic hydroxyl groups is 1. The number of hydrogen-bond acceptors (Lipinski definition) is 3. The first kappa shape index (κ1) is 11.2. The molecule has 0 bridgehead atoms. The van der Waals surface area contributed by atoms with E-state index < -0.39 is 5.60 Å². The summed E-state index contributed by atoms with van der Waals surface area (Å²) in [5.41, 5.74) is -0.149. The van der Waals surface area contributed by atoms with Crippen LogP contribution in [0.25, 0.3) is 0 Å². The fourth-order valence-corrected chi connectivity index (χ4v) is 2.24. The zero-order chi connectivity index (χ0) is 11.6. The molecule has 4 nitrogen and oxygen atoms in total. The van der Waals surface area contributed by atoms with Crippen LogP contribution in [0.5, 0.6) is 5.75 Å². The Kier molecular flexibility index (Phi) is 3.01. The molecule has 88 valence electrons. The predicted octanol–water partition coefficient (Wildman–Crippen LogP) is 1.84. The van der Waals surface area contributed by atoms with Crippen molar-refractivity contribution in [3.8, 4) is 5.75 Å². The average molecular weight is 222 g/mol. The zero-order valence-electron chi connectivity index (χ0n) is 9.81. The summed E-state index contributed by atoms with van der Waals surface area (Å²) in [4.78, 5) is 0. The van der Waals surface area contributed by atoms with Crippen molar-refractivity contribution in [1.82, 2.24) is 9.78 Å². The number of rotatable bonds is 3. The molecule has 1 N–H and O–H groups in total. The lowest BCUT2D eigenvalue weighted by Crippen LogP contribution is -2.29. The summed E-state index contributed by atoms with van der Waals surface area (Å²) in [7, 11) is 1.61. The molecule has 4 heteroatoms. The van der Waals surface area contributed by atoms with Gasteiger partial charge in [0.25, 0.3) is 0 Å². The maximum atomic E-state index is 10.6. The van der Waals surface area contributed by atoms with E-state index in [1.54, 1.807) is 18.0 Å². The van der Waals surface area contributed by atoms with Crippen LogP contribution in [0, 0.1) is 0 Å². The third-order valence-electron chi connectivity index (χ3n) is 3.06. The molecule has 1 aliphatic carbocycles. The quantitative estimate of drug-likeness (QED) is 0.794. The van der Waals surface area contributed by atoms with Crippen LogP contribution < -0.4 is 4.74 Å². The van der Waals surface area contributed by atoms with Crippen molar-refractivity contribution >= 4 is 0 Å². The first-order valence-electron chi connectivity index (χ1n) is 5.71. The second kappa shape index (κ2) is 4.29. The highest BCUT2D eigenvalue weighted by Crippen LogP contribution is 2.37. The van der Waals surface area contributed by atoms with Crippen molar-refractivity contribution in [2.45, 2.75) is 38.3 Å². The van der Waals surface area contributed by atoms with Gasteiger partial charge >= 0.3 is 0 Å². The van der Waals surface area contributed by atoms with E-state index in [2.05, 4.69) is 5.10 Å². The number of aryl methyl sites for hydroxylation is 1. The third-order valence-corrected chi connectivity index (χ3v) is 3.06. The summed E-state index contributed by atoms with van der Waals surface area (Å²) in [5.74, 6) is 0.663. The molecule has 1 heterocycles. The molecule has 1 aliphatic rings. The highest BCUT2D eigenvalue weighted by Gasteiger charge is 2.34. The maximum Gasteiger partial charge on any atom is 0.163 e. The summed E-state index contributed by atoms with van der Waals surface area (Å²) in [6, 6.07) is 0. The molecule has 16 heavy (non-hydrogen) atoms. The number of aromatic nitrogens is 2. The van der Waals surface area contributed by atoms with Gasteiger partial charge in [-0.15, -0.1) is 0 Å². The van der Waals surface area contributed by atoms with Gasteiger partial charge in [-0.3, -0.25) is 4.68 Å². The molecule has 0 fully saturated rings. The molecule has 1 unspecified atom stereocenters. The van der Waals surface area contributed by atoms with Crippen LogP contribution >= 0.6 is 0 Å². The van der Waals surface area contributed by atoms with E-state index in [-0.39, 0.29) is 0 Å². The minimum Gasteiger partial charge on any atom is -0.493 e. The van der Waals surface area contributed by atoms with Crippen LogP contribution in [-0.4, -0.2) is 22.0 Å². The van der Waals surface area contributed by atoms with Gasteiger partial charge in [0.05, 0.1) is 13.3 Å². The Hall–Kier alpha value is -1.29. The molecule has 0 aliphatic heterocycles. The lowest BCUT2D eigenvalue weighted by atomic mass is 9.87. The first-order valence-corrected chi connectivity index (χ1v) is 5.71. The molecule has 2 rings (SSSR count). The molecule has 0 radical (unpaired) electrons. The Labute approximate surface area is 95.5 Å². The number of allylic oxidation sites excluding steroid dienone is 1. The summed E-state index contributed by atoms with van der Waals surface area (Å²) >= 11 is 0. The molecule has 1 aromatic heterocycles. The topological polar surface area (TPSA) is 47.3 Å². The van der Waals surface area contributed by atoms with Crippen LogP contribution in [0.15, 0.2) is 18.3 Å². The largest absolute Gasteiger partial charge is 0.493 e. The molecule has 0 amide bonds. The first-order chi connectivity index (χ1) is 7.71. The minimum atomic E-state index is -0.921. The van der Waals surface area contributed by atoms with Crippen molar-refractivity contribution in [1.29, 1.82) is 0 Å². The lowest BCUT2D eigenvalue weighted by molar-refractivity contribution is 0.0603. The van der Waals surface area contributed by atoms with E-state index in [0.29, 0.717) is 5.75 Å². The maximum absolute atomic E-state index is 10.6. The molecule has 1 atom stereocenters. The highest BCUT2D eigenvalue weighted by molar-refractivity contribution is 5.35. The third kappa shape index (κ3) is 1.73. The molecular weight excluding hydrogens is 204 g/mol. The van der Waals surface area contributed by atoms with Crippen LogP contribution in [0.1, 0.15) is 31.9 Å². The normalized spacial score (nSPS) is 24.7. The van der Waals surface area contributed by atoms with E-state index in [1.165, 1.54) is 0 Å². The molecule has 0 aromatic carbocycles. The van der Waals surface area contributed by atoms with E-state index in [4.69, 9.17) is 4.74 Å². The van der Waals surface area contributed by atoms with Crippen molar-refractivity contribution in [2.75, 3.05) is 7.11 Å². The number of ether oxygens (including phenoxy) is 1. The van der Waals surface area contributed by atoms with Gasteiger partial charge in [-0.2, -0.15) is 5.10 Å². The van der Waals surface area contributed by atoms with Gasteiger partial charge in [0, 0.05) is 6.54 Å². The number of nitrogens with zero attached hydrogens (tertiary/aromatic N) is 2. The fraction of sp³-hybridized carbons (Fsp3) is 0.583. The van der Waals surface area contributed by atoms with Crippen LogP contribution in [-0.2, 0) is 12.1 Å². The van der Waals surface area contributed by atoms with Crippen LogP contribution in [0.2, 0.25) is 0 Å². The summed E-state index contributed by atoms with van der Waals surface area (Å²) < 4.78 is 7.07. The van der Waals surface area contributed by atoms with E-state index >= 15 is 0 Å². The van der Waals surface area contributed by atoms with Gasteiger partial charge in [0.1, 0.15) is 11.3 Å². The second-order valence-corrected chi connectivity index (χ2v) is 4.10. The summed E-state index contributed by atoms with van der Waals surface area (Å²) in [6.07, 6.45) is 8.30. The Bertz CT molecular complexity index is 376. The van der Waals surface area contributed by atoms with Crippen molar-refractivity contribution in [3.63, 3.8) is 0 Å². The Morgan fingerprint density at radius 1 is 1.62 bits per heavy atom. The van der Waals surface area contributed by atoms with Gasteiger partial charge in [0.15, 0.2) is 5.75 Å². The smallest absolute Gasteiger partial charge is 0.163 e. The van der Waals surface area contributed by atoms with E-state index in [0.717, 1.165) is 31.5 Å². The fourth-order valence-electron chi connectivity index (χ4n) is 2.24. The summed E-state index contributed by atoms with van der Waals surface area (Å²) in [5, 5.41) is 14.9. The number of methoxy groups -OCH3 is 1. The van der Waals surface area contributed by atoms with Crippen molar-refractivity contribution in [2.24, 2.45) is 0 Å². The minimum absolute atomic E-state index is 0.663. The summed E-state index contributed by atoms with van der Waals surface area (Å²) in [6.45, 7) is 2.74. The van der Waals surface area contributed by atoms with Crippen molar-refractivity contribution < 1.29 is 9.84 Å². The van der Waals surface area contributed by atoms with E-state index in [9.17, 15) is 5.11 Å². The monoisotopic (exact) mass is 222 g/mol. The Balaban J connectivity index is 2.47. The van der Waals surface area contributed by atoms with Crippen molar-refractivity contribution in [3.05, 3.63) is 24.0 Å². The molecule has 0 saturated heterocycles. The Morgan fingerprint density at radius 3 is 3.00 bits per heavy atom. The highest BCUT2D eigenvalue weighted by atomic mass is 16.5. The second-order valence-electron chi connectivity index (χ2n) is 4.10.